The molecular weight excluding hydrogens is 457 g/mol. The molecule has 1 saturated heterocycles. The molecule has 1 aliphatic heterocycles. The molecule has 0 saturated carbocycles. The highest BCUT2D eigenvalue weighted by molar-refractivity contribution is 5.90. The number of cyclic esters (lactones) is 1. The van der Waals surface area contributed by atoms with Crippen LogP contribution in [-0.4, -0.2) is 76.1 Å². The number of carbonyl (C=O) groups is 3. The number of pyridine rings is 1. The fraction of sp³-hybridized carbons (Fsp3) is 0.348. The van der Waals surface area contributed by atoms with Gasteiger partial charge in [-0.25, -0.2) is 19.0 Å². The smallest absolute Gasteiger partial charge is 0.414 e. The lowest BCUT2D eigenvalue weighted by atomic mass is 10.1. The summed E-state index contributed by atoms with van der Waals surface area (Å²) in [6.07, 6.45) is 2.60. The molecule has 3 rings (SSSR count). The third kappa shape index (κ3) is 7.47. The van der Waals surface area contributed by atoms with E-state index >= 15 is 0 Å². The van der Waals surface area contributed by atoms with E-state index in [1.165, 1.54) is 31.1 Å². The van der Waals surface area contributed by atoms with Crippen molar-refractivity contribution < 1.29 is 23.5 Å². The number of carbonyl (C=O) groups excluding carboxylic acids is 3. The predicted molar refractivity (Wildman–Crippen MR) is 131 cm³/mol. The quantitative estimate of drug-likeness (QED) is 0.241. The van der Waals surface area contributed by atoms with Crippen LogP contribution in [0.3, 0.4) is 0 Å². The van der Waals surface area contributed by atoms with Gasteiger partial charge in [0.25, 0.3) is 0 Å². The first kappa shape index (κ1) is 27.2. The largest absolute Gasteiger partial charge is 0.443 e. The normalized spacial score (nSPS) is 14.3. The van der Waals surface area contributed by atoms with E-state index in [4.69, 9.17) is 14.9 Å². The summed E-state index contributed by atoms with van der Waals surface area (Å²) in [5.74, 6) is 0.00970. The average molecular weight is 488 g/mol. The Kier molecular flexibility index (Phi) is 10.6. The van der Waals surface area contributed by atoms with Gasteiger partial charge in [0, 0.05) is 44.0 Å². The number of aromatic nitrogens is 1. The molecule has 0 spiro atoms. The summed E-state index contributed by atoms with van der Waals surface area (Å²) in [6.45, 7) is 2.99. The highest BCUT2D eigenvalue weighted by atomic mass is 19.1. The molecule has 1 aromatic carbocycles. The number of likely N-dealkylation sites (N-methyl/N-ethyl adjacent to an activating group) is 1. The van der Waals surface area contributed by atoms with Gasteiger partial charge in [-0.3, -0.25) is 10.3 Å². The number of benzene rings is 1. The maximum absolute atomic E-state index is 14.9. The SMILES string of the molecule is CC=O.CNCC1CN(c2ccc(-c3ccc(N(C=N)CCNC(=O)NC)nc3)c(F)c2)C(=O)O1. The second-order valence-electron chi connectivity index (χ2n) is 7.31. The summed E-state index contributed by atoms with van der Waals surface area (Å²) >= 11 is 0. The average Bonchev–Trinajstić information content (AvgIpc) is 3.22. The van der Waals surface area contributed by atoms with Crippen LogP contribution in [0.2, 0.25) is 0 Å². The Morgan fingerprint density at radius 3 is 2.66 bits per heavy atom. The summed E-state index contributed by atoms with van der Waals surface area (Å²) in [5.41, 5.74) is 1.33. The molecule has 11 nitrogen and oxygen atoms in total. The molecule has 0 bridgehead atoms. The van der Waals surface area contributed by atoms with Gasteiger partial charge in [0.1, 0.15) is 24.0 Å². The Hall–Kier alpha value is -4.06. The van der Waals surface area contributed by atoms with Crippen LogP contribution in [0.5, 0.6) is 0 Å². The monoisotopic (exact) mass is 487 g/mol. The number of anilines is 2. The van der Waals surface area contributed by atoms with Crippen molar-refractivity contribution >= 4 is 36.3 Å². The number of halogens is 1. The molecule has 35 heavy (non-hydrogen) atoms. The number of urea groups is 1. The number of hydrogen-bond acceptors (Lipinski definition) is 7. The molecule has 12 heteroatoms. The number of rotatable bonds is 9. The van der Waals surface area contributed by atoms with E-state index in [0.29, 0.717) is 48.8 Å². The van der Waals surface area contributed by atoms with Crippen molar-refractivity contribution in [3.63, 3.8) is 0 Å². The van der Waals surface area contributed by atoms with E-state index in [1.807, 2.05) is 0 Å². The van der Waals surface area contributed by atoms with E-state index in [-0.39, 0.29) is 12.1 Å². The topological polar surface area (TPSA) is 140 Å². The molecule has 1 atom stereocenters. The minimum atomic E-state index is -0.499. The predicted octanol–water partition coefficient (Wildman–Crippen LogP) is 1.98. The highest BCUT2D eigenvalue weighted by Gasteiger charge is 2.32. The first-order valence-corrected chi connectivity index (χ1v) is 10.9. The van der Waals surface area contributed by atoms with Gasteiger partial charge in [0.2, 0.25) is 0 Å². The lowest BCUT2D eigenvalue weighted by Crippen LogP contribution is -2.38. The van der Waals surface area contributed by atoms with Gasteiger partial charge in [0.15, 0.2) is 0 Å². The molecule has 1 aromatic heterocycles. The number of aldehydes is 1. The minimum Gasteiger partial charge on any atom is -0.443 e. The fourth-order valence-electron chi connectivity index (χ4n) is 3.31. The Morgan fingerprint density at radius 1 is 1.34 bits per heavy atom. The number of nitrogens with zero attached hydrogens (tertiary/aromatic N) is 3. The van der Waals surface area contributed by atoms with Gasteiger partial charge in [-0.2, -0.15) is 0 Å². The number of amides is 3. The summed E-state index contributed by atoms with van der Waals surface area (Å²) in [5, 5.41) is 15.6. The zero-order chi connectivity index (χ0) is 25.8. The van der Waals surface area contributed by atoms with E-state index in [0.717, 1.165) is 12.6 Å². The van der Waals surface area contributed by atoms with Gasteiger partial charge in [-0.15, -0.1) is 0 Å². The molecule has 0 radical (unpaired) electrons. The van der Waals surface area contributed by atoms with E-state index < -0.39 is 11.9 Å². The van der Waals surface area contributed by atoms with Crippen LogP contribution in [0, 0.1) is 11.2 Å². The van der Waals surface area contributed by atoms with Crippen molar-refractivity contribution in [2.24, 2.45) is 0 Å². The molecule has 1 fully saturated rings. The van der Waals surface area contributed by atoms with Crippen molar-refractivity contribution in [2.45, 2.75) is 13.0 Å². The first-order valence-electron chi connectivity index (χ1n) is 10.9. The molecule has 2 aromatic rings. The molecule has 3 amide bonds. The van der Waals surface area contributed by atoms with Crippen LogP contribution in [0.4, 0.5) is 25.5 Å². The molecule has 1 aliphatic rings. The van der Waals surface area contributed by atoms with Crippen LogP contribution < -0.4 is 25.8 Å². The Labute approximate surface area is 203 Å². The minimum absolute atomic E-state index is 0.282. The van der Waals surface area contributed by atoms with Crippen molar-refractivity contribution in [1.82, 2.24) is 20.9 Å². The maximum atomic E-state index is 14.9. The van der Waals surface area contributed by atoms with Crippen LogP contribution in [0.1, 0.15) is 6.92 Å². The van der Waals surface area contributed by atoms with Crippen LogP contribution in [0.15, 0.2) is 36.5 Å². The second-order valence-corrected chi connectivity index (χ2v) is 7.31. The van der Waals surface area contributed by atoms with Gasteiger partial charge >= 0.3 is 12.1 Å². The Morgan fingerprint density at radius 2 is 2.09 bits per heavy atom. The molecular formula is C23H30FN7O4. The van der Waals surface area contributed by atoms with E-state index in [9.17, 15) is 14.0 Å². The van der Waals surface area contributed by atoms with Gasteiger partial charge in [-0.05, 0) is 44.3 Å². The third-order valence-electron chi connectivity index (χ3n) is 4.94. The zero-order valence-electron chi connectivity index (χ0n) is 19.9. The molecule has 2 heterocycles. The van der Waals surface area contributed by atoms with Crippen molar-refractivity contribution in [3.8, 4) is 11.1 Å². The van der Waals surface area contributed by atoms with Gasteiger partial charge in [-0.1, -0.05) is 0 Å². The summed E-state index contributed by atoms with van der Waals surface area (Å²) < 4.78 is 20.1. The lowest BCUT2D eigenvalue weighted by Gasteiger charge is -2.18. The molecule has 4 N–H and O–H groups in total. The van der Waals surface area contributed by atoms with Crippen molar-refractivity contribution in [2.75, 3.05) is 50.1 Å². The number of ether oxygens (including phenoxy) is 1. The van der Waals surface area contributed by atoms with Crippen LogP contribution in [0.25, 0.3) is 11.1 Å². The fourth-order valence-corrected chi connectivity index (χ4v) is 3.31. The molecule has 188 valence electrons. The molecule has 0 aliphatic carbocycles. The maximum Gasteiger partial charge on any atom is 0.414 e. The lowest BCUT2D eigenvalue weighted by molar-refractivity contribution is -0.106. The van der Waals surface area contributed by atoms with E-state index in [1.54, 1.807) is 36.2 Å². The number of hydrogen-bond donors (Lipinski definition) is 4. The highest BCUT2D eigenvalue weighted by Crippen LogP contribution is 2.29. The first-order chi connectivity index (χ1) is 16.9. The Bertz CT molecular complexity index is 1020. The summed E-state index contributed by atoms with van der Waals surface area (Å²) in [6, 6.07) is 7.65. The van der Waals surface area contributed by atoms with Crippen LogP contribution >= 0.6 is 0 Å². The van der Waals surface area contributed by atoms with E-state index in [2.05, 4.69) is 20.9 Å². The van der Waals surface area contributed by atoms with Gasteiger partial charge in [0.05, 0.1) is 18.6 Å². The second kappa shape index (κ2) is 13.6. The standard InChI is InChI=1S/C21H26FN7O3.C2H4O/c1-24-11-16-12-29(21(31)32-16)15-4-5-17(18(22)9-15)14-3-6-19(27-10-14)28(13-23)8-7-26-20(30)25-2;1-2-3/h3-6,9-10,13,16,23-24H,7-8,11-12H2,1-2H3,(H2,25,26,30);2H,1H3. The zero-order valence-corrected chi connectivity index (χ0v) is 19.9. The molecule has 1 unspecified atom stereocenters. The van der Waals surface area contributed by atoms with Crippen LogP contribution in [-0.2, 0) is 9.53 Å². The summed E-state index contributed by atoms with van der Waals surface area (Å²) in [4.78, 5) is 39.4. The van der Waals surface area contributed by atoms with Crippen molar-refractivity contribution in [1.29, 1.82) is 5.41 Å². The van der Waals surface area contributed by atoms with Gasteiger partial charge < -0.3 is 30.4 Å². The Balaban J connectivity index is 0.00000137. The van der Waals surface area contributed by atoms with Crippen molar-refractivity contribution in [3.05, 3.63) is 42.3 Å². The summed E-state index contributed by atoms with van der Waals surface area (Å²) in [7, 11) is 3.29. The third-order valence-corrected chi connectivity index (χ3v) is 4.94. The number of nitrogens with one attached hydrogen (secondary N) is 4.